The number of aromatic nitrogens is 4. The zero-order valence-corrected chi connectivity index (χ0v) is 13.0. The summed E-state index contributed by atoms with van der Waals surface area (Å²) in [5.41, 5.74) is -0.0830. The molecule has 8 heteroatoms. The number of nitrogens with zero attached hydrogens (tertiary/aromatic N) is 4. The lowest BCUT2D eigenvalue weighted by atomic mass is 10.2. The van der Waals surface area contributed by atoms with Crippen molar-refractivity contribution < 1.29 is 14.3 Å². The number of carbonyl (C=O) groups is 2. The number of fused-ring (bicyclic) bond motifs is 1. The van der Waals surface area contributed by atoms with Crippen LogP contribution in [0.3, 0.4) is 0 Å². The van der Waals surface area contributed by atoms with Crippen molar-refractivity contribution in [3.8, 4) is 0 Å². The molecule has 0 bridgehead atoms. The van der Waals surface area contributed by atoms with Crippen LogP contribution in [0.1, 0.15) is 49.9 Å². The van der Waals surface area contributed by atoms with Crippen LogP contribution in [0.15, 0.2) is 10.9 Å². The van der Waals surface area contributed by atoms with Crippen molar-refractivity contribution in [2.75, 3.05) is 6.61 Å². The van der Waals surface area contributed by atoms with Crippen molar-refractivity contribution in [1.29, 1.82) is 0 Å². The van der Waals surface area contributed by atoms with Crippen LogP contribution in [0.2, 0.25) is 0 Å². The van der Waals surface area contributed by atoms with Gasteiger partial charge in [-0.2, -0.15) is 10.2 Å². The first-order chi connectivity index (χ1) is 10.3. The van der Waals surface area contributed by atoms with Crippen molar-refractivity contribution in [3.05, 3.63) is 27.9 Å². The molecular formula is C14H18N4O4. The van der Waals surface area contributed by atoms with Gasteiger partial charge in [0.25, 0.3) is 5.56 Å². The Balaban J connectivity index is 2.64. The maximum atomic E-state index is 12.4. The van der Waals surface area contributed by atoms with E-state index >= 15 is 0 Å². The molecule has 0 saturated carbocycles. The van der Waals surface area contributed by atoms with E-state index in [1.165, 1.54) is 17.5 Å². The van der Waals surface area contributed by atoms with Crippen LogP contribution in [0.5, 0.6) is 0 Å². The number of hydrogen-bond acceptors (Lipinski definition) is 6. The van der Waals surface area contributed by atoms with E-state index in [-0.39, 0.29) is 36.1 Å². The van der Waals surface area contributed by atoms with Crippen LogP contribution >= 0.6 is 0 Å². The van der Waals surface area contributed by atoms with Gasteiger partial charge in [-0.25, -0.2) is 9.20 Å². The van der Waals surface area contributed by atoms with E-state index in [9.17, 15) is 14.4 Å². The van der Waals surface area contributed by atoms with Gasteiger partial charge < -0.3 is 4.74 Å². The molecule has 0 N–H and O–H groups in total. The first kappa shape index (κ1) is 15.9. The molecule has 0 aliphatic carbocycles. The smallest absolute Gasteiger partial charge is 0.327 e. The van der Waals surface area contributed by atoms with Gasteiger partial charge in [0, 0.05) is 18.9 Å². The molecule has 0 spiro atoms. The number of Topliss-reactive ketones (excluding diaryl/α,β-unsaturated/α-hetero) is 1. The number of ether oxygens (including phenoxy) is 1. The summed E-state index contributed by atoms with van der Waals surface area (Å²) < 4.78 is 7.26. The summed E-state index contributed by atoms with van der Waals surface area (Å²) in [6.07, 6.45) is 0. The first-order valence-electron chi connectivity index (χ1n) is 7.02. The average molecular weight is 306 g/mol. The molecule has 0 unspecified atom stereocenters. The molecule has 8 nitrogen and oxygen atoms in total. The number of esters is 1. The molecule has 2 aromatic rings. The van der Waals surface area contributed by atoms with Gasteiger partial charge in [-0.3, -0.25) is 14.4 Å². The van der Waals surface area contributed by atoms with Crippen LogP contribution in [-0.4, -0.2) is 37.8 Å². The highest BCUT2D eigenvalue weighted by atomic mass is 16.5. The third kappa shape index (κ3) is 2.90. The Bertz CT molecular complexity index is 788. The van der Waals surface area contributed by atoms with Crippen molar-refractivity contribution in [3.63, 3.8) is 0 Å². The zero-order valence-electron chi connectivity index (χ0n) is 13.0. The number of rotatable bonds is 5. The van der Waals surface area contributed by atoms with Gasteiger partial charge in [-0.15, -0.1) is 0 Å². The average Bonchev–Trinajstić information content (AvgIpc) is 2.87. The van der Waals surface area contributed by atoms with Crippen LogP contribution < -0.4 is 5.56 Å². The molecule has 2 heterocycles. The number of hydrogen-bond donors (Lipinski definition) is 0. The highest BCUT2D eigenvalue weighted by molar-refractivity contribution is 5.93. The van der Waals surface area contributed by atoms with E-state index in [2.05, 4.69) is 10.2 Å². The van der Waals surface area contributed by atoms with Crippen LogP contribution in [0.25, 0.3) is 5.52 Å². The second-order valence-corrected chi connectivity index (χ2v) is 5.16. The van der Waals surface area contributed by atoms with E-state index in [4.69, 9.17) is 4.74 Å². The SMILES string of the molecule is CCOC(=O)Cn1nc(C(C)C)n2nc(C(C)=O)cc2c1=O. The maximum absolute atomic E-state index is 12.4. The molecule has 22 heavy (non-hydrogen) atoms. The van der Waals surface area contributed by atoms with Gasteiger partial charge in [-0.1, -0.05) is 13.8 Å². The molecule has 0 aliphatic heterocycles. The second kappa shape index (κ2) is 6.08. The molecule has 0 atom stereocenters. The predicted molar refractivity (Wildman–Crippen MR) is 78.0 cm³/mol. The lowest BCUT2D eigenvalue weighted by molar-refractivity contribution is -0.144. The summed E-state index contributed by atoms with van der Waals surface area (Å²) in [6.45, 7) is 6.79. The van der Waals surface area contributed by atoms with Crippen LogP contribution in [0, 0.1) is 0 Å². The Kier molecular flexibility index (Phi) is 4.39. The molecular weight excluding hydrogens is 288 g/mol. The maximum Gasteiger partial charge on any atom is 0.327 e. The summed E-state index contributed by atoms with van der Waals surface area (Å²) in [5, 5.41) is 8.31. The van der Waals surface area contributed by atoms with Gasteiger partial charge in [0.1, 0.15) is 17.8 Å². The second-order valence-electron chi connectivity index (χ2n) is 5.16. The van der Waals surface area contributed by atoms with E-state index in [0.717, 1.165) is 4.68 Å². The number of carbonyl (C=O) groups excluding carboxylic acids is 2. The highest BCUT2D eigenvalue weighted by Crippen LogP contribution is 2.13. The monoisotopic (exact) mass is 306 g/mol. The normalized spacial score (nSPS) is 11.1. The van der Waals surface area contributed by atoms with Gasteiger partial charge in [0.2, 0.25) is 0 Å². The van der Waals surface area contributed by atoms with E-state index in [0.29, 0.717) is 5.82 Å². The third-order valence-corrected chi connectivity index (χ3v) is 3.06. The summed E-state index contributed by atoms with van der Waals surface area (Å²) in [7, 11) is 0. The standard InChI is InChI=1S/C14H18N4O4/c1-5-22-12(20)7-17-14(21)11-6-10(9(4)19)15-18(11)13(16-17)8(2)3/h6,8H,5,7H2,1-4H3. The lowest BCUT2D eigenvalue weighted by Gasteiger charge is -2.11. The van der Waals surface area contributed by atoms with Gasteiger partial charge in [0.15, 0.2) is 11.6 Å². The van der Waals surface area contributed by atoms with E-state index in [1.54, 1.807) is 6.92 Å². The van der Waals surface area contributed by atoms with Crippen molar-refractivity contribution in [1.82, 2.24) is 19.4 Å². The summed E-state index contributed by atoms with van der Waals surface area (Å²) >= 11 is 0. The molecule has 0 saturated heterocycles. The molecule has 0 aliphatic rings. The van der Waals surface area contributed by atoms with Crippen LogP contribution in [0.4, 0.5) is 0 Å². The topological polar surface area (TPSA) is 95.6 Å². The Labute approximate surface area is 126 Å². The largest absolute Gasteiger partial charge is 0.465 e. The van der Waals surface area contributed by atoms with Gasteiger partial charge in [0.05, 0.1) is 6.61 Å². The molecule has 0 fully saturated rings. The van der Waals surface area contributed by atoms with Crippen LogP contribution in [-0.2, 0) is 16.1 Å². The molecule has 2 aromatic heterocycles. The molecule has 0 aromatic carbocycles. The van der Waals surface area contributed by atoms with E-state index < -0.39 is 11.5 Å². The van der Waals surface area contributed by atoms with Gasteiger partial charge >= 0.3 is 5.97 Å². The Morgan fingerprint density at radius 3 is 2.55 bits per heavy atom. The molecule has 2 rings (SSSR count). The Hall–Kier alpha value is -2.51. The fourth-order valence-electron chi connectivity index (χ4n) is 2.02. The molecule has 0 amide bonds. The van der Waals surface area contributed by atoms with Crippen molar-refractivity contribution >= 4 is 17.3 Å². The minimum Gasteiger partial charge on any atom is -0.465 e. The van der Waals surface area contributed by atoms with Gasteiger partial charge in [-0.05, 0) is 6.92 Å². The fourth-order valence-corrected chi connectivity index (χ4v) is 2.02. The first-order valence-corrected chi connectivity index (χ1v) is 7.02. The third-order valence-electron chi connectivity index (χ3n) is 3.06. The zero-order chi connectivity index (χ0) is 16.4. The minimum atomic E-state index is -0.539. The van der Waals surface area contributed by atoms with E-state index in [1.807, 2.05) is 13.8 Å². The summed E-state index contributed by atoms with van der Waals surface area (Å²) in [5.74, 6) is -0.333. The minimum absolute atomic E-state index is 0.0451. The number of ketones is 1. The Morgan fingerprint density at radius 1 is 1.32 bits per heavy atom. The quantitative estimate of drug-likeness (QED) is 0.598. The lowest BCUT2D eigenvalue weighted by Crippen LogP contribution is -2.31. The fraction of sp³-hybridized carbons (Fsp3) is 0.500. The summed E-state index contributed by atoms with van der Waals surface area (Å²) in [4.78, 5) is 35.5. The molecule has 118 valence electrons. The van der Waals surface area contributed by atoms with Crippen molar-refractivity contribution in [2.45, 2.75) is 40.2 Å². The highest BCUT2D eigenvalue weighted by Gasteiger charge is 2.18. The van der Waals surface area contributed by atoms with Crippen molar-refractivity contribution in [2.24, 2.45) is 0 Å². The summed E-state index contributed by atoms with van der Waals surface area (Å²) in [6, 6.07) is 1.42. The Morgan fingerprint density at radius 2 is 2.00 bits per heavy atom. The molecule has 0 radical (unpaired) electrons. The predicted octanol–water partition coefficient (Wildman–Crippen LogP) is 0.780.